The zero-order valence-electron chi connectivity index (χ0n) is 11.5. The summed E-state index contributed by atoms with van der Waals surface area (Å²) in [7, 11) is 1.35. The second-order valence-electron chi connectivity index (χ2n) is 4.75. The minimum atomic E-state index is -0.375. The Morgan fingerprint density at radius 1 is 1.29 bits per heavy atom. The van der Waals surface area contributed by atoms with E-state index in [1.165, 1.54) is 7.11 Å². The van der Waals surface area contributed by atoms with Gasteiger partial charge in [-0.15, -0.1) is 0 Å². The van der Waals surface area contributed by atoms with Crippen LogP contribution in [0.5, 0.6) is 5.75 Å². The van der Waals surface area contributed by atoms with Gasteiger partial charge in [0.15, 0.2) is 0 Å². The fraction of sp³-hybridized carbons (Fsp3) is 0.125. The number of hydrogen-bond acceptors (Lipinski definition) is 4. The Hall–Kier alpha value is -2.82. The van der Waals surface area contributed by atoms with E-state index >= 15 is 0 Å². The summed E-state index contributed by atoms with van der Waals surface area (Å²) in [6.07, 6.45) is 4.18. The first-order valence-electron chi connectivity index (χ1n) is 6.49. The highest BCUT2D eigenvalue weighted by molar-refractivity contribution is 5.89. The Morgan fingerprint density at radius 2 is 2.14 bits per heavy atom. The van der Waals surface area contributed by atoms with Crippen molar-refractivity contribution in [3.05, 3.63) is 65.6 Å². The standard InChI is InChI=1S/C16H14N2O3/c1-21-16(20)12-5-6-15-17-13(10-18(15)9-12)7-11-3-2-4-14(19)8-11/h2-6,8-10,19H,7H2,1H3. The minimum absolute atomic E-state index is 0.240. The lowest BCUT2D eigenvalue weighted by atomic mass is 10.1. The lowest BCUT2D eigenvalue weighted by molar-refractivity contribution is 0.0600. The van der Waals surface area contributed by atoms with Crippen LogP contribution < -0.4 is 0 Å². The van der Waals surface area contributed by atoms with Gasteiger partial charge in [-0.05, 0) is 29.8 Å². The van der Waals surface area contributed by atoms with Crippen molar-refractivity contribution in [3.8, 4) is 5.75 Å². The number of phenols is 1. The molecule has 0 fully saturated rings. The molecule has 2 heterocycles. The molecule has 3 aromatic rings. The number of benzene rings is 1. The van der Waals surface area contributed by atoms with Gasteiger partial charge in [0.25, 0.3) is 0 Å². The molecule has 5 heteroatoms. The molecule has 2 aromatic heterocycles. The second-order valence-corrected chi connectivity index (χ2v) is 4.75. The molecule has 0 aliphatic heterocycles. The van der Waals surface area contributed by atoms with Gasteiger partial charge in [-0.25, -0.2) is 9.78 Å². The smallest absolute Gasteiger partial charge is 0.339 e. The van der Waals surface area contributed by atoms with Gasteiger partial charge in [0.2, 0.25) is 0 Å². The molecule has 21 heavy (non-hydrogen) atoms. The number of nitrogens with zero attached hydrogens (tertiary/aromatic N) is 2. The number of methoxy groups -OCH3 is 1. The van der Waals surface area contributed by atoms with Crippen molar-refractivity contribution in [3.63, 3.8) is 0 Å². The summed E-state index contributed by atoms with van der Waals surface area (Å²) in [4.78, 5) is 16.0. The molecule has 0 amide bonds. The molecule has 0 unspecified atom stereocenters. The molecule has 0 aliphatic rings. The Labute approximate surface area is 121 Å². The lowest BCUT2D eigenvalue weighted by Gasteiger charge is -1.99. The Balaban J connectivity index is 1.92. The number of aromatic nitrogens is 2. The SMILES string of the molecule is COC(=O)c1ccc2nc(Cc3cccc(O)c3)cn2c1. The molecule has 0 aliphatic carbocycles. The molecule has 3 rings (SSSR count). The predicted molar refractivity (Wildman–Crippen MR) is 77.4 cm³/mol. The van der Waals surface area contributed by atoms with Crippen molar-refractivity contribution in [1.29, 1.82) is 0 Å². The summed E-state index contributed by atoms with van der Waals surface area (Å²) in [5, 5.41) is 9.48. The topological polar surface area (TPSA) is 63.8 Å². The van der Waals surface area contributed by atoms with Crippen molar-refractivity contribution in [2.24, 2.45) is 0 Å². The van der Waals surface area contributed by atoms with E-state index < -0.39 is 0 Å². The van der Waals surface area contributed by atoms with Crippen LogP contribution in [-0.4, -0.2) is 27.6 Å². The summed E-state index contributed by atoms with van der Waals surface area (Å²) in [6.45, 7) is 0. The van der Waals surface area contributed by atoms with Gasteiger partial charge >= 0.3 is 5.97 Å². The monoisotopic (exact) mass is 282 g/mol. The van der Waals surface area contributed by atoms with Gasteiger partial charge in [-0.2, -0.15) is 0 Å². The number of aromatic hydroxyl groups is 1. The molecule has 5 nitrogen and oxygen atoms in total. The average molecular weight is 282 g/mol. The van der Waals surface area contributed by atoms with Crippen LogP contribution in [0.3, 0.4) is 0 Å². The van der Waals surface area contributed by atoms with Gasteiger partial charge in [0, 0.05) is 18.8 Å². The first-order valence-corrected chi connectivity index (χ1v) is 6.49. The van der Waals surface area contributed by atoms with E-state index in [0.717, 1.165) is 16.9 Å². The number of imidazole rings is 1. The number of carbonyl (C=O) groups excluding carboxylic acids is 1. The molecule has 1 aromatic carbocycles. The van der Waals surface area contributed by atoms with Crippen molar-refractivity contribution in [1.82, 2.24) is 9.38 Å². The Bertz CT molecular complexity index is 808. The normalized spacial score (nSPS) is 10.7. The third-order valence-electron chi connectivity index (χ3n) is 3.22. The molecule has 0 saturated carbocycles. The first-order chi connectivity index (χ1) is 10.2. The molecule has 0 radical (unpaired) electrons. The van der Waals surface area contributed by atoms with E-state index in [9.17, 15) is 9.90 Å². The molecule has 0 bridgehead atoms. The number of hydrogen-bond donors (Lipinski definition) is 1. The zero-order chi connectivity index (χ0) is 14.8. The number of rotatable bonds is 3. The number of pyridine rings is 1. The number of carbonyl (C=O) groups is 1. The van der Waals surface area contributed by atoms with Crippen molar-refractivity contribution in [2.45, 2.75) is 6.42 Å². The Morgan fingerprint density at radius 3 is 2.90 bits per heavy atom. The van der Waals surface area contributed by atoms with Gasteiger partial charge in [0.1, 0.15) is 11.4 Å². The van der Waals surface area contributed by atoms with Crippen molar-refractivity contribution < 1.29 is 14.6 Å². The molecular weight excluding hydrogens is 268 g/mol. The first kappa shape index (κ1) is 13.2. The van der Waals surface area contributed by atoms with E-state index in [4.69, 9.17) is 4.74 Å². The highest BCUT2D eigenvalue weighted by atomic mass is 16.5. The van der Waals surface area contributed by atoms with Crippen LogP contribution in [-0.2, 0) is 11.2 Å². The molecular formula is C16H14N2O3. The molecule has 0 saturated heterocycles. The van der Waals surface area contributed by atoms with Crippen LogP contribution in [0.2, 0.25) is 0 Å². The summed E-state index contributed by atoms with van der Waals surface area (Å²) in [6, 6.07) is 10.5. The maximum Gasteiger partial charge on any atom is 0.339 e. The van der Waals surface area contributed by atoms with Crippen LogP contribution in [0.25, 0.3) is 5.65 Å². The predicted octanol–water partition coefficient (Wildman–Crippen LogP) is 2.42. The van der Waals surface area contributed by atoms with E-state index in [1.807, 2.05) is 12.3 Å². The summed E-state index contributed by atoms with van der Waals surface area (Å²) < 4.78 is 6.50. The van der Waals surface area contributed by atoms with E-state index in [-0.39, 0.29) is 11.7 Å². The highest BCUT2D eigenvalue weighted by Gasteiger charge is 2.08. The summed E-state index contributed by atoms with van der Waals surface area (Å²) in [5.41, 5.74) is 3.08. The van der Waals surface area contributed by atoms with Crippen LogP contribution >= 0.6 is 0 Å². The average Bonchev–Trinajstić information content (AvgIpc) is 2.87. The number of ether oxygens (including phenoxy) is 1. The zero-order valence-corrected chi connectivity index (χ0v) is 11.5. The maximum absolute atomic E-state index is 11.5. The largest absolute Gasteiger partial charge is 0.508 e. The van der Waals surface area contributed by atoms with Crippen molar-refractivity contribution >= 4 is 11.6 Å². The summed E-state index contributed by atoms with van der Waals surface area (Å²) >= 11 is 0. The van der Waals surface area contributed by atoms with Gasteiger partial charge in [-0.1, -0.05) is 12.1 Å². The molecule has 1 N–H and O–H groups in total. The third-order valence-corrected chi connectivity index (χ3v) is 3.22. The van der Waals surface area contributed by atoms with Gasteiger partial charge < -0.3 is 14.2 Å². The quantitative estimate of drug-likeness (QED) is 0.749. The summed E-state index contributed by atoms with van der Waals surface area (Å²) in [5.74, 6) is -0.135. The molecule has 106 valence electrons. The van der Waals surface area contributed by atoms with Gasteiger partial charge in [0.05, 0.1) is 18.4 Å². The Kier molecular flexibility index (Phi) is 3.31. The lowest BCUT2D eigenvalue weighted by Crippen LogP contribution is -2.02. The fourth-order valence-corrected chi connectivity index (χ4v) is 2.24. The van der Waals surface area contributed by atoms with Crippen LogP contribution in [0.4, 0.5) is 0 Å². The molecule has 0 spiro atoms. The fourth-order valence-electron chi connectivity index (χ4n) is 2.24. The van der Waals surface area contributed by atoms with E-state index in [2.05, 4.69) is 4.98 Å². The maximum atomic E-state index is 11.5. The van der Waals surface area contributed by atoms with Crippen LogP contribution in [0.15, 0.2) is 48.8 Å². The third kappa shape index (κ3) is 2.72. The number of esters is 1. The minimum Gasteiger partial charge on any atom is -0.508 e. The molecule has 0 atom stereocenters. The van der Waals surface area contributed by atoms with Gasteiger partial charge in [-0.3, -0.25) is 0 Å². The van der Waals surface area contributed by atoms with Crippen LogP contribution in [0.1, 0.15) is 21.6 Å². The number of fused-ring (bicyclic) bond motifs is 1. The van der Waals surface area contributed by atoms with E-state index in [1.54, 1.807) is 40.9 Å². The van der Waals surface area contributed by atoms with E-state index in [0.29, 0.717) is 12.0 Å². The number of phenolic OH excluding ortho intramolecular Hbond substituents is 1. The highest BCUT2D eigenvalue weighted by Crippen LogP contribution is 2.16. The van der Waals surface area contributed by atoms with Crippen molar-refractivity contribution in [2.75, 3.05) is 7.11 Å². The van der Waals surface area contributed by atoms with Crippen LogP contribution in [0, 0.1) is 0 Å². The second kappa shape index (κ2) is 5.28.